The molecule has 27 heavy (non-hydrogen) atoms. The maximum absolute atomic E-state index is 12.7. The minimum absolute atomic E-state index is 0.132. The van der Waals surface area contributed by atoms with E-state index in [-0.39, 0.29) is 18.2 Å². The molecule has 1 aliphatic rings. The number of para-hydroxylation sites is 1. The molecule has 3 aromatic rings. The summed E-state index contributed by atoms with van der Waals surface area (Å²) in [4.78, 5) is 29.4. The highest BCUT2D eigenvalue weighted by Gasteiger charge is 2.39. The van der Waals surface area contributed by atoms with Crippen LogP contribution >= 0.6 is 23.2 Å². The molecule has 5 nitrogen and oxygen atoms in total. The third-order valence-corrected chi connectivity index (χ3v) is 5.51. The van der Waals surface area contributed by atoms with E-state index in [1.54, 1.807) is 12.1 Å². The van der Waals surface area contributed by atoms with Crippen LogP contribution in [0.1, 0.15) is 12.0 Å². The maximum Gasteiger partial charge on any atom is 0.251 e. The van der Waals surface area contributed by atoms with Gasteiger partial charge in [-0.3, -0.25) is 9.59 Å². The first-order chi connectivity index (χ1) is 13.0. The maximum atomic E-state index is 12.7. The van der Waals surface area contributed by atoms with Crippen LogP contribution in [0, 0.1) is 0 Å². The van der Waals surface area contributed by atoms with E-state index < -0.39 is 6.04 Å². The molecule has 0 spiro atoms. The van der Waals surface area contributed by atoms with Gasteiger partial charge in [-0.1, -0.05) is 41.4 Å². The first-order valence-corrected chi connectivity index (χ1v) is 9.40. The van der Waals surface area contributed by atoms with Gasteiger partial charge in [0.15, 0.2) is 0 Å². The van der Waals surface area contributed by atoms with Gasteiger partial charge in [0.25, 0.3) is 5.91 Å². The topological polar surface area (TPSA) is 65.2 Å². The second kappa shape index (κ2) is 7.35. The molecule has 1 saturated heterocycles. The average molecular weight is 402 g/mol. The van der Waals surface area contributed by atoms with Crippen molar-refractivity contribution in [3.05, 3.63) is 64.3 Å². The number of carbonyl (C=O) groups is 2. The first kappa shape index (κ1) is 18.0. The van der Waals surface area contributed by atoms with Crippen molar-refractivity contribution in [3.63, 3.8) is 0 Å². The fourth-order valence-corrected chi connectivity index (χ4v) is 3.70. The normalized spacial score (nSPS) is 17.3. The summed E-state index contributed by atoms with van der Waals surface area (Å²) in [6.07, 6.45) is 2.87. The van der Waals surface area contributed by atoms with Crippen LogP contribution in [0.5, 0.6) is 0 Å². The van der Waals surface area contributed by atoms with Crippen LogP contribution in [-0.4, -0.2) is 29.4 Å². The monoisotopic (exact) mass is 401 g/mol. The summed E-state index contributed by atoms with van der Waals surface area (Å²) < 4.78 is 0. The van der Waals surface area contributed by atoms with Gasteiger partial charge in [0.1, 0.15) is 0 Å². The molecule has 0 aliphatic carbocycles. The number of halogens is 2. The molecular weight excluding hydrogens is 385 g/mol. The van der Waals surface area contributed by atoms with E-state index in [4.69, 9.17) is 23.2 Å². The van der Waals surface area contributed by atoms with Crippen LogP contribution < -0.4 is 10.2 Å². The SMILES string of the molecule is O=C1C[C@H](NCCc2c[nH]c3ccccc23)C(=O)N1c1ccc(Cl)c(Cl)c1. The van der Waals surface area contributed by atoms with E-state index in [0.29, 0.717) is 22.3 Å². The fraction of sp³-hybridized carbons (Fsp3) is 0.200. The molecule has 2 heterocycles. The van der Waals surface area contributed by atoms with Crippen molar-refractivity contribution in [2.24, 2.45) is 0 Å². The minimum atomic E-state index is -0.530. The highest BCUT2D eigenvalue weighted by Crippen LogP contribution is 2.30. The number of anilines is 1. The molecule has 0 unspecified atom stereocenters. The quantitative estimate of drug-likeness (QED) is 0.636. The zero-order valence-corrected chi connectivity index (χ0v) is 15.8. The van der Waals surface area contributed by atoms with Crippen LogP contribution in [0.3, 0.4) is 0 Å². The lowest BCUT2D eigenvalue weighted by molar-refractivity contribution is -0.121. The molecule has 7 heteroatoms. The Morgan fingerprint density at radius 3 is 2.74 bits per heavy atom. The molecule has 1 atom stereocenters. The molecule has 2 amide bonds. The van der Waals surface area contributed by atoms with E-state index in [2.05, 4.69) is 16.4 Å². The number of benzene rings is 2. The summed E-state index contributed by atoms with van der Waals surface area (Å²) in [7, 11) is 0. The van der Waals surface area contributed by atoms with Crippen molar-refractivity contribution in [2.75, 3.05) is 11.4 Å². The summed E-state index contributed by atoms with van der Waals surface area (Å²) in [6.45, 7) is 0.598. The average Bonchev–Trinajstić information content (AvgIpc) is 3.19. The number of rotatable bonds is 5. The zero-order valence-electron chi connectivity index (χ0n) is 14.3. The molecule has 0 radical (unpaired) electrons. The summed E-state index contributed by atoms with van der Waals surface area (Å²) in [5.41, 5.74) is 2.71. The third-order valence-electron chi connectivity index (χ3n) is 4.77. The molecule has 4 rings (SSSR count). The number of amides is 2. The number of H-pyrrole nitrogens is 1. The first-order valence-electron chi connectivity index (χ1n) is 8.65. The lowest BCUT2D eigenvalue weighted by atomic mass is 10.1. The Kier molecular flexibility index (Phi) is 4.91. The zero-order chi connectivity index (χ0) is 19.0. The molecule has 0 bridgehead atoms. The van der Waals surface area contributed by atoms with Crippen molar-refractivity contribution >= 4 is 51.6 Å². The number of imide groups is 1. The number of carbonyl (C=O) groups excluding carboxylic acids is 2. The Balaban J connectivity index is 1.42. The van der Waals surface area contributed by atoms with Gasteiger partial charge in [-0.15, -0.1) is 0 Å². The smallest absolute Gasteiger partial charge is 0.251 e. The summed E-state index contributed by atoms with van der Waals surface area (Å²) in [5, 5.41) is 5.07. The molecule has 2 aromatic carbocycles. The molecule has 1 fully saturated rings. The molecular formula is C20H17Cl2N3O2. The van der Waals surface area contributed by atoms with E-state index in [1.165, 1.54) is 21.9 Å². The predicted molar refractivity (Wildman–Crippen MR) is 107 cm³/mol. The van der Waals surface area contributed by atoms with E-state index >= 15 is 0 Å². The van der Waals surface area contributed by atoms with Gasteiger partial charge in [0.2, 0.25) is 5.91 Å². The number of fused-ring (bicyclic) bond motifs is 1. The summed E-state index contributed by atoms with van der Waals surface area (Å²) in [6, 6.07) is 12.3. The molecule has 1 aromatic heterocycles. The van der Waals surface area contributed by atoms with E-state index in [1.807, 2.05) is 24.4 Å². The van der Waals surface area contributed by atoms with Gasteiger partial charge >= 0.3 is 0 Å². The van der Waals surface area contributed by atoms with Crippen LogP contribution in [0.25, 0.3) is 10.9 Å². The Labute approximate surface area is 166 Å². The van der Waals surface area contributed by atoms with Gasteiger partial charge in [-0.2, -0.15) is 0 Å². The third kappa shape index (κ3) is 3.46. The van der Waals surface area contributed by atoms with Gasteiger partial charge in [0, 0.05) is 23.6 Å². The summed E-state index contributed by atoms with van der Waals surface area (Å²) in [5.74, 6) is -0.514. The lowest BCUT2D eigenvalue weighted by Gasteiger charge is -2.16. The van der Waals surface area contributed by atoms with Gasteiger partial charge in [-0.05, 0) is 36.2 Å². The highest BCUT2D eigenvalue weighted by molar-refractivity contribution is 6.42. The van der Waals surface area contributed by atoms with E-state index in [9.17, 15) is 9.59 Å². The van der Waals surface area contributed by atoms with Gasteiger partial charge in [-0.25, -0.2) is 4.90 Å². The molecule has 138 valence electrons. The molecule has 2 N–H and O–H groups in total. The fourth-order valence-electron chi connectivity index (χ4n) is 3.41. The Morgan fingerprint density at radius 1 is 1.11 bits per heavy atom. The van der Waals surface area contributed by atoms with Crippen LogP contribution in [0.15, 0.2) is 48.7 Å². The van der Waals surface area contributed by atoms with Crippen molar-refractivity contribution in [1.29, 1.82) is 0 Å². The number of nitrogens with one attached hydrogen (secondary N) is 2. The minimum Gasteiger partial charge on any atom is -0.361 e. The Bertz CT molecular complexity index is 1030. The Hall–Kier alpha value is -2.34. The molecule has 1 aliphatic heterocycles. The second-order valence-corrected chi connectivity index (χ2v) is 7.30. The van der Waals surface area contributed by atoms with Crippen molar-refractivity contribution in [1.82, 2.24) is 10.3 Å². The Morgan fingerprint density at radius 2 is 1.93 bits per heavy atom. The number of aromatic amines is 1. The van der Waals surface area contributed by atoms with Crippen LogP contribution in [-0.2, 0) is 16.0 Å². The molecule has 0 saturated carbocycles. The van der Waals surface area contributed by atoms with Crippen molar-refractivity contribution in [3.8, 4) is 0 Å². The standard InChI is InChI=1S/C20H17Cl2N3O2/c21-15-6-5-13(9-16(15)22)25-19(26)10-18(20(25)27)23-8-7-12-11-24-17-4-2-1-3-14(12)17/h1-6,9,11,18,23-24H,7-8,10H2/t18-/m0/s1. The predicted octanol–water partition coefficient (Wildman–Crippen LogP) is 3.94. The number of nitrogens with zero attached hydrogens (tertiary/aromatic N) is 1. The van der Waals surface area contributed by atoms with E-state index in [0.717, 1.165) is 11.9 Å². The number of hydrogen-bond acceptors (Lipinski definition) is 3. The van der Waals surface area contributed by atoms with Crippen molar-refractivity contribution in [2.45, 2.75) is 18.9 Å². The van der Waals surface area contributed by atoms with Gasteiger partial charge in [0.05, 0.1) is 28.2 Å². The van der Waals surface area contributed by atoms with Crippen LogP contribution in [0.2, 0.25) is 10.0 Å². The number of aromatic nitrogens is 1. The van der Waals surface area contributed by atoms with Crippen LogP contribution in [0.4, 0.5) is 5.69 Å². The lowest BCUT2D eigenvalue weighted by Crippen LogP contribution is -2.39. The summed E-state index contributed by atoms with van der Waals surface area (Å²) >= 11 is 11.9. The second-order valence-electron chi connectivity index (χ2n) is 6.49. The van der Waals surface area contributed by atoms with Crippen molar-refractivity contribution < 1.29 is 9.59 Å². The number of hydrogen-bond donors (Lipinski definition) is 2. The largest absolute Gasteiger partial charge is 0.361 e. The highest BCUT2D eigenvalue weighted by atomic mass is 35.5. The van der Waals surface area contributed by atoms with Gasteiger partial charge < -0.3 is 10.3 Å².